The van der Waals surface area contributed by atoms with E-state index in [1.807, 2.05) is 49.1 Å². The zero-order chi connectivity index (χ0) is 17.1. The molecule has 1 aliphatic heterocycles. The molecule has 0 radical (unpaired) electrons. The third-order valence-electron chi connectivity index (χ3n) is 3.68. The third kappa shape index (κ3) is 3.73. The molecule has 0 atom stereocenters. The quantitative estimate of drug-likeness (QED) is 0.899. The summed E-state index contributed by atoms with van der Waals surface area (Å²) in [6.07, 6.45) is 0.706. The number of nitrogens with zero attached hydrogens (tertiary/aromatic N) is 2. The summed E-state index contributed by atoms with van der Waals surface area (Å²) in [5, 5.41) is 6.11. The first-order valence-electron chi connectivity index (χ1n) is 7.93. The lowest BCUT2D eigenvalue weighted by atomic mass is 10.1. The molecule has 0 aliphatic carbocycles. The van der Waals surface area contributed by atoms with Crippen molar-refractivity contribution >= 4 is 28.4 Å². The number of rotatable bonds is 3. The number of benzene rings is 1. The van der Waals surface area contributed by atoms with Crippen molar-refractivity contribution in [2.24, 2.45) is 0 Å². The first-order chi connectivity index (χ1) is 11.5. The zero-order valence-electron chi connectivity index (χ0n) is 13.7. The smallest absolute Gasteiger partial charge is 0.321 e. The first kappa shape index (κ1) is 16.4. The van der Waals surface area contributed by atoms with Gasteiger partial charge in [-0.1, -0.05) is 29.5 Å². The summed E-state index contributed by atoms with van der Waals surface area (Å²) in [7, 11) is 0. The minimum absolute atomic E-state index is 0.0294. The van der Waals surface area contributed by atoms with E-state index in [2.05, 4.69) is 15.6 Å². The highest BCUT2D eigenvalue weighted by molar-refractivity contribution is 7.15. The number of aromatic nitrogens is 1. The molecule has 0 fully saturated rings. The second kappa shape index (κ2) is 7.00. The van der Waals surface area contributed by atoms with Crippen LogP contribution < -0.4 is 10.6 Å². The van der Waals surface area contributed by atoms with Crippen LogP contribution in [-0.2, 0) is 13.0 Å². The van der Waals surface area contributed by atoms with E-state index in [0.29, 0.717) is 30.2 Å². The van der Waals surface area contributed by atoms with E-state index < -0.39 is 0 Å². The van der Waals surface area contributed by atoms with Gasteiger partial charge in [-0.25, -0.2) is 9.78 Å². The van der Waals surface area contributed by atoms with Crippen molar-refractivity contribution in [3.8, 4) is 0 Å². The average Bonchev–Trinajstić information content (AvgIpc) is 2.95. The molecule has 24 heavy (non-hydrogen) atoms. The minimum atomic E-state index is -0.256. The Labute approximate surface area is 144 Å². The summed E-state index contributed by atoms with van der Waals surface area (Å²) in [4.78, 5) is 31.7. The largest absolute Gasteiger partial charge is 0.336 e. The maximum atomic E-state index is 12.5. The van der Waals surface area contributed by atoms with Crippen LogP contribution in [0.4, 0.5) is 9.93 Å². The van der Waals surface area contributed by atoms with Gasteiger partial charge in [0.05, 0.1) is 12.2 Å². The van der Waals surface area contributed by atoms with Crippen LogP contribution in [-0.4, -0.2) is 34.4 Å². The van der Waals surface area contributed by atoms with E-state index in [9.17, 15) is 9.59 Å². The van der Waals surface area contributed by atoms with Gasteiger partial charge in [0.25, 0.3) is 5.91 Å². The Morgan fingerprint density at radius 2 is 2.00 bits per heavy atom. The molecule has 2 heterocycles. The second-order valence-electron chi connectivity index (χ2n) is 5.98. The van der Waals surface area contributed by atoms with Crippen molar-refractivity contribution < 1.29 is 9.59 Å². The summed E-state index contributed by atoms with van der Waals surface area (Å²) in [6.45, 7) is 4.98. The lowest BCUT2D eigenvalue weighted by molar-refractivity contribution is 0.0736. The van der Waals surface area contributed by atoms with E-state index in [4.69, 9.17) is 0 Å². The Morgan fingerprint density at radius 1 is 1.25 bits per heavy atom. The van der Waals surface area contributed by atoms with E-state index in [1.165, 1.54) is 11.3 Å². The Hall–Kier alpha value is -2.41. The van der Waals surface area contributed by atoms with Crippen molar-refractivity contribution in [1.29, 1.82) is 0 Å². The van der Waals surface area contributed by atoms with E-state index in [1.54, 1.807) is 0 Å². The SMILES string of the molecule is CC(C)NC(=O)Nc1nc2c(s1)CN(C(=O)c1ccccc1)CC2. The van der Waals surface area contributed by atoms with E-state index >= 15 is 0 Å². The molecule has 3 rings (SSSR count). The van der Waals surface area contributed by atoms with Gasteiger partial charge < -0.3 is 10.2 Å². The molecule has 0 spiro atoms. The summed E-state index contributed by atoms with van der Waals surface area (Å²) in [5.41, 5.74) is 1.66. The van der Waals surface area contributed by atoms with Crippen molar-refractivity contribution in [3.05, 3.63) is 46.5 Å². The molecule has 0 saturated carbocycles. The third-order valence-corrected chi connectivity index (χ3v) is 4.68. The normalized spacial score (nSPS) is 13.5. The van der Waals surface area contributed by atoms with Gasteiger partial charge in [0.15, 0.2) is 5.13 Å². The number of fused-ring (bicyclic) bond motifs is 1. The molecule has 1 aliphatic rings. The molecule has 1 aromatic carbocycles. The van der Waals surface area contributed by atoms with Crippen molar-refractivity contribution in [2.75, 3.05) is 11.9 Å². The number of urea groups is 1. The topological polar surface area (TPSA) is 74.3 Å². The Balaban J connectivity index is 1.68. The predicted octanol–water partition coefficient (Wildman–Crippen LogP) is 2.87. The highest BCUT2D eigenvalue weighted by Crippen LogP contribution is 2.29. The lowest BCUT2D eigenvalue weighted by Crippen LogP contribution is -2.35. The summed E-state index contributed by atoms with van der Waals surface area (Å²) in [5.74, 6) is 0.0294. The number of thiazole rings is 1. The summed E-state index contributed by atoms with van der Waals surface area (Å²) >= 11 is 1.43. The number of nitrogens with one attached hydrogen (secondary N) is 2. The van der Waals surface area contributed by atoms with Crippen LogP contribution in [0.1, 0.15) is 34.8 Å². The molecule has 3 amide bonds. The number of carbonyl (C=O) groups is 2. The van der Waals surface area contributed by atoms with Gasteiger partial charge in [-0.05, 0) is 26.0 Å². The Bertz CT molecular complexity index is 742. The van der Waals surface area contributed by atoms with Gasteiger partial charge >= 0.3 is 6.03 Å². The number of hydrogen-bond acceptors (Lipinski definition) is 4. The van der Waals surface area contributed by atoms with Crippen LogP contribution in [0.3, 0.4) is 0 Å². The van der Waals surface area contributed by atoms with Gasteiger partial charge in [0, 0.05) is 29.4 Å². The molecule has 7 heteroatoms. The van der Waals surface area contributed by atoms with Crippen LogP contribution >= 0.6 is 11.3 Å². The van der Waals surface area contributed by atoms with Crippen LogP contribution in [0.2, 0.25) is 0 Å². The van der Waals surface area contributed by atoms with Crippen molar-refractivity contribution in [1.82, 2.24) is 15.2 Å². The molecule has 0 saturated heterocycles. The Morgan fingerprint density at radius 3 is 2.71 bits per heavy atom. The first-order valence-corrected chi connectivity index (χ1v) is 8.75. The van der Waals surface area contributed by atoms with Crippen molar-refractivity contribution in [2.45, 2.75) is 32.9 Å². The monoisotopic (exact) mass is 344 g/mol. The average molecular weight is 344 g/mol. The number of anilines is 1. The lowest BCUT2D eigenvalue weighted by Gasteiger charge is -2.26. The van der Waals surface area contributed by atoms with Crippen molar-refractivity contribution in [3.63, 3.8) is 0 Å². The molecule has 2 aromatic rings. The van der Waals surface area contributed by atoms with Gasteiger partial charge in [-0.3, -0.25) is 10.1 Å². The molecule has 2 N–H and O–H groups in total. The molecule has 0 bridgehead atoms. The minimum Gasteiger partial charge on any atom is -0.336 e. The zero-order valence-corrected chi connectivity index (χ0v) is 14.5. The van der Waals surface area contributed by atoms with E-state index in [0.717, 1.165) is 10.6 Å². The predicted molar refractivity (Wildman–Crippen MR) is 94.3 cm³/mol. The summed E-state index contributed by atoms with van der Waals surface area (Å²) < 4.78 is 0. The van der Waals surface area contributed by atoms with E-state index in [-0.39, 0.29) is 18.0 Å². The summed E-state index contributed by atoms with van der Waals surface area (Å²) in [6, 6.07) is 9.09. The standard InChI is InChI=1S/C17H20N4O2S/c1-11(2)18-16(23)20-17-19-13-8-9-21(10-14(13)24-17)15(22)12-6-4-3-5-7-12/h3-7,11H,8-10H2,1-2H3,(H2,18,19,20,23). The van der Waals surface area contributed by atoms with Gasteiger partial charge in [-0.2, -0.15) is 0 Å². The maximum Gasteiger partial charge on any atom is 0.321 e. The fourth-order valence-electron chi connectivity index (χ4n) is 2.58. The van der Waals surface area contributed by atoms with Crippen LogP contribution in [0, 0.1) is 0 Å². The number of carbonyl (C=O) groups excluding carboxylic acids is 2. The number of hydrogen-bond donors (Lipinski definition) is 2. The molecule has 1 aromatic heterocycles. The van der Waals surface area contributed by atoms with Gasteiger partial charge in [-0.15, -0.1) is 0 Å². The molecule has 0 unspecified atom stereocenters. The van der Waals surface area contributed by atoms with Gasteiger partial charge in [0.1, 0.15) is 0 Å². The molecule has 126 valence electrons. The molecule has 6 nitrogen and oxygen atoms in total. The maximum absolute atomic E-state index is 12.5. The number of amides is 3. The van der Waals surface area contributed by atoms with Gasteiger partial charge in [0.2, 0.25) is 0 Å². The van der Waals surface area contributed by atoms with Crippen LogP contribution in [0.15, 0.2) is 30.3 Å². The highest BCUT2D eigenvalue weighted by atomic mass is 32.1. The fourth-order valence-corrected chi connectivity index (χ4v) is 3.60. The Kier molecular flexibility index (Phi) is 4.80. The molecular weight excluding hydrogens is 324 g/mol. The van der Waals surface area contributed by atoms with Crippen LogP contribution in [0.25, 0.3) is 0 Å². The highest BCUT2D eigenvalue weighted by Gasteiger charge is 2.25. The van der Waals surface area contributed by atoms with Crippen LogP contribution in [0.5, 0.6) is 0 Å². The molecular formula is C17H20N4O2S. The second-order valence-corrected chi connectivity index (χ2v) is 7.07. The fraction of sp³-hybridized carbons (Fsp3) is 0.353.